The molecule has 2 N–H and O–H groups in total. The van der Waals surface area contributed by atoms with E-state index in [0.717, 1.165) is 18.9 Å². The van der Waals surface area contributed by atoms with Crippen molar-refractivity contribution in [3.63, 3.8) is 0 Å². The second-order valence-electron chi connectivity index (χ2n) is 5.13. The second-order valence-corrected chi connectivity index (χ2v) is 6.69. The van der Waals surface area contributed by atoms with E-state index >= 15 is 0 Å². The third kappa shape index (κ3) is 3.93. The number of nitrogens with two attached hydrogens (primary N) is 1. The second kappa shape index (κ2) is 6.59. The van der Waals surface area contributed by atoms with E-state index in [2.05, 4.69) is 0 Å². The minimum absolute atomic E-state index is 0.178. The van der Waals surface area contributed by atoms with Gasteiger partial charge in [-0.2, -0.15) is 0 Å². The Kier molecular flexibility index (Phi) is 4.99. The first-order valence-electron chi connectivity index (χ1n) is 7.00. The Morgan fingerprint density at radius 1 is 1.36 bits per heavy atom. The summed E-state index contributed by atoms with van der Waals surface area (Å²) >= 11 is 0. The molecular formula is C13H19N3O5S. The molecule has 0 unspecified atom stereocenters. The highest BCUT2D eigenvalue weighted by Gasteiger charge is 2.23. The third-order valence-electron chi connectivity index (χ3n) is 3.62. The number of sulfonamides is 1. The molecule has 0 radical (unpaired) electrons. The third-order valence-corrected chi connectivity index (χ3v) is 4.52. The van der Waals surface area contributed by atoms with Gasteiger partial charge in [-0.25, -0.2) is 13.6 Å². The zero-order valence-electron chi connectivity index (χ0n) is 12.3. The Morgan fingerprint density at radius 3 is 2.50 bits per heavy atom. The van der Waals surface area contributed by atoms with Crippen LogP contribution in [0, 0.1) is 10.1 Å². The Bertz CT molecular complexity index is 654. The van der Waals surface area contributed by atoms with E-state index in [1.54, 1.807) is 0 Å². The average molecular weight is 329 g/mol. The predicted molar refractivity (Wildman–Crippen MR) is 81.3 cm³/mol. The topological polar surface area (TPSA) is 116 Å². The van der Waals surface area contributed by atoms with Gasteiger partial charge in [-0.1, -0.05) is 0 Å². The number of hydrogen-bond acceptors (Lipinski definition) is 6. The van der Waals surface area contributed by atoms with Crippen LogP contribution in [0.1, 0.15) is 19.8 Å². The van der Waals surface area contributed by atoms with Gasteiger partial charge in [-0.05, 0) is 25.8 Å². The van der Waals surface area contributed by atoms with Crippen molar-refractivity contribution in [3.8, 4) is 0 Å². The summed E-state index contributed by atoms with van der Waals surface area (Å²) < 4.78 is 28.5. The van der Waals surface area contributed by atoms with Crippen LogP contribution in [0.3, 0.4) is 0 Å². The maximum absolute atomic E-state index is 11.5. The van der Waals surface area contributed by atoms with Crippen LogP contribution in [0.4, 0.5) is 11.4 Å². The predicted octanol–water partition coefficient (Wildman–Crippen LogP) is 1.25. The number of hydrogen-bond donors (Lipinski definition) is 1. The molecule has 1 aromatic rings. The molecule has 0 amide bonds. The van der Waals surface area contributed by atoms with Crippen molar-refractivity contribution in [3.05, 3.63) is 28.3 Å². The SMILES string of the molecule is CCOC1CCN(c2cc([N+](=O)[O-])cc(S(N)(=O)=O)c2)CC1. The molecule has 0 spiro atoms. The molecule has 1 heterocycles. The van der Waals surface area contributed by atoms with E-state index in [0.29, 0.717) is 25.4 Å². The molecule has 0 bridgehead atoms. The average Bonchev–Trinajstić information content (AvgIpc) is 2.47. The number of primary sulfonamides is 1. The van der Waals surface area contributed by atoms with Crippen molar-refractivity contribution in [1.82, 2.24) is 0 Å². The van der Waals surface area contributed by atoms with Gasteiger partial charge >= 0.3 is 0 Å². The number of piperidine rings is 1. The smallest absolute Gasteiger partial charge is 0.272 e. The fourth-order valence-electron chi connectivity index (χ4n) is 2.54. The molecule has 1 fully saturated rings. The first-order valence-corrected chi connectivity index (χ1v) is 8.54. The maximum Gasteiger partial charge on any atom is 0.272 e. The molecule has 0 aliphatic carbocycles. The monoisotopic (exact) mass is 329 g/mol. The molecule has 1 saturated heterocycles. The molecular weight excluding hydrogens is 310 g/mol. The largest absolute Gasteiger partial charge is 0.378 e. The molecule has 1 aromatic carbocycles. The van der Waals surface area contributed by atoms with Gasteiger partial charge in [0.15, 0.2) is 0 Å². The molecule has 22 heavy (non-hydrogen) atoms. The minimum atomic E-state index is -4.00. The highest BCUT2D eigenvalue weighted by atomic mass is 32.2. The van der Waals surface area contributed by atoms with E-state index in [1.165, 1.54) is 12.1 Å². The summed E-state index contributed by atoms with van der Waals surface area (Å²) in [5.41, 5.74) is 0.210. The molecule has 1 aliphatic heterocycles. The molecule has 122 valence electrons. The van der Waals surface area contributed by atoms with Gasteiger partial charge in [-0.3, -0.25) is 10.1 Å². The summed E-state index contributed by atoms with van der Waals surface area (Å²) in [6, 6.07) is 3.73. The number of nitro benzene ring substituents is 1. The van der Waals surface area contributed by atoms with E-state index in [9.17, 15) is 18.5 Å². The van der Waals surface area contributed by atoms with Gasteiger partial charge in [-0.15, -0.1) is 0 Å². The lowest BCUT2D eigenvalue weighted by Crippen LogP contribution is -2.37. The molecule has 0 aromatic heterocycles. The van der Waals surface area contributed by atoms with Crippen molar-refractivity contribution >= 4 is 21.4 Å². The van der Waals surface area contributed by atoms with Crippen molar-refractivity contribution in [1.29, 1.82) is 0 Å². The molecule has 8 nitrogen and oxygen atoms in total. The van der Waals surface area contributed by atoms with E-state index in [4.69, 9.17) is 9.88 Å². The lowest BCUT2D eigenvalue weighted by molar-refractivity contribution is -0.385. The van der Waals surface area contributed by atoms with Crippen molar-refractivity contribution in [2.75, 3.05) is 24.6 Å². The minimum Gasteiger partial charge on any atom is -0.378 e. The molecule has 2 rings (SSSR count). The summed E-state index contributed by atoms with van der Waals surface area (Å²) in [6.07, 6.45) is 1.76. The van der Waals surface area contributed by atoms with Gasteiger partial charge in [0.1, 0.15) is 0 Å². The highest BCUT2D eigenvalue weighted by Crippen LogP contribution is 2.28. The number of non-ortho nitro benzene ring substituents is 1. The summed E-state index contributed by atoms with van der Waals surface area (Å²) in [4.78, 5) is 12.0. The zero-order chi connectivity index (χ0) is 16.3. The van der Waals surface area contributed by atoms with Crippen LogP contribution in [-0.4, -0.2) is 39.1 Å². The molecule has 9 heteroatoms. The summed E-state index contributed by atoms with van der Waals surface area (Å²) in [7, 11) is -4.00. The lowest BCUT2D eigenvalue weighted by atomic mass is 10.1. The van der Waals surface area contributed by atoms with Crippen LogP contribution in [0.15, 0.2) is 23.1 Å². The highest BCUT2D eigenvalue weighted by molar-refractivity contribution is 7.89. The standard InChI is InChI=1S/C13H19N3O5S/c1-2-21-12-3-5-15(6-4-12)10-7-11(16(17)18)9-13(8-10)22(14,19)20/h7-9,12H,2-6H2,1H3,(H2,14,19,20). The van der Waals surface area contributed by atoms with Crippen LogP contribution >= 0.6 is 0 Å². The summed E-state index contributed by atoms with van der Waals surface area (Å²) in [6.45, 7) is 3.88. The lowest BCUT2D eigenvalue weighted by Gasteiger charge is -2.33. The number of nitro groups is 1. The molecule has 0 atom stereocenters. The fourth-order valence-corrected chi connectivity index (χ4v) is 3.11. The van der Waals surface area contributed by atoms with E-state index in [-0.39, 0.29) is 16.7 Å². The summed E-state index contributed by atoms with van der Waals surface area (Å²) in [5.74, 6) is 0. The normalized spacial score (nSPS) is 16.7. The van der Waals surface area contributed by atoms with Crippen LogP contribution in [-0.2, 0) is 14.8 Å². The van der Waals surface area contributed by atoms with Gasteiger partial charge < -0.3 is 9.64 Å². The van der Waals surface area contributed by atoms with Gasteiger partial charge in [0.25, 0.3) is 5.69 Å². The maximum atomic E-state index is 11.5. The van der Waals surface area contributed by atoms with Gasteiger partial charge in [0, 0.05) is 37.5 Å². The number of rotatable bonds is 5. The molecule has 0 saturated carbocycles. The van der Waals surface area contributed by atoms with E-state index in [1.807, 2.05) is 11.8 Å². The van der Waals surface area contributed by atoms with Crippen LogP contribution in [0.2, 0.25) is 0 Å². The van der Waals surface area contributed by atoms with Crippen molar-refractivity contribution < 1.29 is 18.1 Å². The van der Waals surface area contributed by atoms with Crippen LogP contribution in [0.5, 0.6) is 0 Å². The number of ether oxygens (including phenoxy) is 1. The van der Waals surface area contributed by atoms with Crippen molar-refractivity contribution in [2.45, 2.75) is 30.8 Å². The Hall–Kier alpha value is -1.71. The Morgan fingerprint density at radius 2 is 2.00 bits per heavy atom. The van der Waals surface area contributed by atoms with Crippen LogP contribution in [0.25, 0.3) is 0 Å². The first kappa shape index (κ1) is 16.7. The quantitative estimate of drug-likeness (QED) is 0.642. The fraction of sp³-hybridized carbons (Fsp3) is 0.538. The molecule has 1 aliphatic rings. The number of benzene rings is 1. The van der Waals surface area contributed by atoms with Crippen molar-refractivity contribution in [2.24, 2.45) is 5.14 Å². The summed E-state index contributed by atoms with van der Waals surface area (Å²) in [5, 5.41) is 16.1. The van der Waals surface area contributed by atoms with Gasteiger partial charge in [0.2, 0.25) is 10.0 Å². The Balaban J connectivity index is 2.27. The van der Waals surface area contributed by atoms with Gasteiger partial charge in [0.05, 0.1) is 15.9 Å². The van der Waals surface area contributed by atoms with Crippen LogP contribution < -0.4 is 10.0 Å². The zero-order valence-corrected chi connectivity index (χ0v) is 13.1. The van der Waals surface area contributed by atoms with E-state index < -0.39 is 14.9 Å². The Labute approximate surface area is 129 Å². The number of anilines is 1. The number of nitrogens with zero attached hydrogens (tertiary/aromatic N) is 2. The first-order chi connectivity index (χ1) is 10.3.